The summed E-state index contributed by atoms with van der Waals surface area (Å²) in [5.74, 6) is -0.199. The second-order valence-corrected chi connectivity index (χ2v) is 3.18. The highest BCUT2D eigenvalue weighted by atomic mass is 19.4. The summed E-state index contributed by atoms with van der Waals surface area (Å²) in [5, 5.41) is 2.78. The molecule has 6 heteroatoms. The molecule has 0 aromatic rings. The summed E-state index contributed by atoms with van der Waals surface area (Å²) in [6.45, 7) is 1.12. The van der Waals surface area contributed by atoms with Gasteiger partial charge in [0.2, 0.25) is 0 Å². The Morgan fingerprint density at radius 2 is 2.07 bits per heavy atom. The molecule has 0 atom stereocenters. The molecule has 0 amide bonds. The van der Waals surface area contributed by atoms with Crippen LogP contribution in [0.25, 0.3) is 0 Å². The van der Waals surface area contributed by atoms with Crippen molar-refractivity contribution >= 4 is 5.78 Å². The summed E-state index contributed by atoms with van der Waals surface area (Å²) in [6.07, 6.45) is -5.21. The van der Waals surface area contributed by atoms with E-state index in [-0.39, 0.29) is 25.2 Å². The Labute approximate surface area is 87.0 Å². The van der Waals surface area contributed by atoms with Gasteiger partial charge in [0.15, 0.2) is 0 Å². The molecule has 1 N–H and O–H groups in total. The Bertz CT molecular complexity index is 183. The first kappa shape index (κ1) is 14.4. The van der Waals surface area contributed by atoms with Crippen molar-refractivity contribution in [1.82, 2.24) is 5.32 Å². The monoisotopic (exact) mass is 227 g/mol. The Morgan fingerprint density at radius 3 is 2.60 bits per heavy atom. The number of carbonyl (C=O) groups is 1. The summed E-state index contributed by atoms with van der Waals surface area (Å²) in [5.41, 5.74) is 0. The number of ketones is 1. The maximum absolute atomic E-state index is 11.7. The third kappa shape index (κ3) is 11.3. The molecular weight excluding hydrogens is 211 g/mol. The number of methoxy groups -OCH3 is 1. The molecule has 0 rings (SSSR count). The third-order valence-corrected chi connectivity index (χ3v) is 1.72. The van der Waals surface area contributed by atoms with Crippen molar-refractivity contribution in [2.75, 3.05) is 26.8 Å². The number of Topliss-reactive ketones (excluding diaryl/α,β-unsaturated/α-hetero) is 1. The number of hydrogen-bond donors (Lipinski definition) is 1. The van der Waals surface area contributed by atoms with Crippen LogP contribution in [0, 0.1) is 0 Å². The van der Waals surface area contributed by atoms with Gasteiger partial charge in [-0.1, -0.05) is 0 Å². The number of carbonyl (C=O) groups excluding carboxylic acids is 1. The molecule has 0 aromatic carbocycles. The fraction of sp³-hybridized carbons (Fsp3) is 0.889. The van der Waals surface area contributed by atoms with Crippen molar-refractivity contribution in [3.63, 3.8) is 0 Å². The van der Waals surface area contributed by atoms with Crippen LogP contribution in [0.2, 0.25) is 0 Å². The lowest BCUT2D eigenvalue weighted by molar-refractivity contribution is -0.137. The summed E-state index contributed by atoms with van der Waals surface area (Å²) >= 11 is 0. The van der Waals surface area contributed by atoms with Gasteiger partial charge < -0.3 is 10.1 Å². The smallest absolute Gasteiger partial charge is 0.383 e. The van der Waals surface area contributed by atoms with E-state index in [1.165, 1.54) is 7.11 Å². The van der Waals surface area contributed by atoms with Gasteiger partial charge in [0.05, 0.1) is 13.2 Å². The molecule has 0 aliphatic heterocycles. The van der Waals surface area contributed by atoms with Gasteiger partial charge in [0, 0.05) is 26.5 Å². The largest absolute Gasteiger partial charge is 0.389 e. The fourth-order valence-electron chi connectivity index (χ4n) is 0.976. The van der Waals surface area contributed by atoms with Gasteiger partial charge in [-0.2, -0.15) is 13.2 Å². The van der Waals surface area contributed by atoms with E-state index in [1.54, 1.807) is 0 Å². The molecule has 0 aliphatic rings. The van der Waals surface area contributed by atoms with Crippen LogP contribution in [0.3, 0.4) is 0 Å². The van der Waals surface area contributed by atoms with Gasteiger partial charge in [-0.05, 0) is 6.42 Å². The van der Waals surface area contributed by atoms with Crippen molar-refractivity contribution in [3.8, 4) is 0 Å². The minimum Gasteiger partial charge on any atom is -0.383 e. The summed E-state index contributed by atoms with van der Waals surface area (Å²) in [7, 11) is 1.53. The molecule has 90 valence electrons. The molecule has 0 spiro atoms. The molecule has 0 fully saturated rings. The highest BCUT2D eigenvalue weighted by Gasteiger charge is 2.26. The first-order valence-electron chi connectivity index (χ1n) is 4.74. The highest BCUT2D eigenvalue weighted by molar-refractivity contribution is 5.80. The molecule has 0 saturated carbocycles. The van der Waals surface area contributed by atoms with E-state index in [4.69, 9.17) is 4.74 Å². The molecule has 0 bridgehead atoms. The number of hydrogen-bond acceptors (Lipinski definition) is 3. The van der Waals surface area contributed by atoms with Gasteiger partial charge in [-0.3, -0.25) is 4.79 Å². The molecule has 3 nitrogen and oxygen atoms in total. The van der Waals surface area contributed by atoms with Crippen LogP contribution in [0.4, 0.5) is 13.2 Å². The van der Waals surface area contributed by atoms with Crippen molar-refractivity contribution in [2.24, 2.45) is 0 Å². The predicted octanol–water partition coefficient (Wildman–Crippen LogP) is 1.52. The zero-order valence-corrected chi connectivity index (χ0v) is 8.69. The second kappa shape index (κ2) is 7.64. The molecule has 0 aromatic heterocycles. The maximum Gasteiger partial charge on any atom is 0.389 e. The lowest BCUT2D eigenvalue weighted by Crippen LogP contribution is -2.26. The van der Waals surface area contributed by atoms with E-state index in [0.717, 1.165) is 0 Å². The minimum absolute atomic E-state index is 0.0283. The molecule has 0 aliphatic carbocycles. The van der Waals surface area contributed by atoms with Gasteiger partial charge in [0.1, 0.15) is 5.78 Å². The van der Waals surface area contributed by atoms with Crippen molar-refractivity contribution in [1.29, 1.82) is 0 Å². The van der Waals surface area contributed by atoms with Crippen LogP contribution < -0.4 is 5.32 Å². The van der Waals surface area contributed by atoms with Crippen LogP contribution in [-0.2, 0) is 9.53 Å². The summed E-state index contributed by atoms with van der Waals surface area (Å²) in [6, 6.07) is 0. The Hall–Kier alpha value is -0.620. The van der Waals surface area contributed by atoms with Crippen molar-refractivity contribution in [2.45, 2.75) is 25.4 Å². The van der Waals surface area contributed by atoms with Crippen LogP contribution >= 0.6 is 0 Å². The average Bonchev–Trinajstić information content (AvgIpc) is 2.10. The van der Waals surface area contributed by atoms with Gasteiger partial charge in [-0.25, -0.2) is 0 Å². The average molecular weight is 227 g/mol. The minimum atomic E-state index is -4.16. The Balaban J connectivity index is 3.34. The van der Waals surface area contributed by atoms with Crippen LogP contribution in [-0.4, -0.2) is 38.8 Å². The van der Waals surface area contributed by atoms with Gasteiger partial charge >= 0.3 is 6.18 Å². The lowest BCUT2D eigenvalue weighted by atomic mass is 10.2. The number of alkyl halides is 3. The Morgan fingerprint density at radius 1 is 1.40 bits per heavy atom. The van der Waals surface area contributed by atoms with Crippen LogP contribution in [0.1, 0.15) is 19.3 Å². The molecule has 0 radical (unpaired) electrons. The van der Waals surface area contributed by atoms with E-state index in [9.17, 15) is 18.0 Å². The van der Waals surface area contributed by atoms with Gasteiger partial charge in [-0.15, -0.1) is 0 Å². The number of halogens is 3. The lowest BCUT2D eigenvalue weighted by Gasteiger charge is -2.06. The SMILES string of the molecule is COCCNCC(=O)CCCC(F)(F)F. The first-order chi connectivity index (χ1) is 6.95. The third-order valence-electron chi connectivity index (χ3n) is 1.72. The number of rotatable bonds is 8. The normalized spacial score (nSPS) is 11.7. The topological polar surface area (TPSA) is 38.3 Å². The Kier molecular flexibility index (Phi) is 7.33. The van der Waals surface area contributed by atoms with E-state index in [1.807, 2.05) is 0 Å². The summed E-state index contributed by atoms with van der Waals surface area (Å²) < 4.78 is 39.9. The zero-order valence-electron chi connectivity index (χ0n) is 8.69. The van der Waals surface area contributed by atoms with Crippen molar-refractivity contribution in [3.05, 3.63) is 0 Å². The quantitative estimate of drug-likeness (QED) is 0.639. The van der Waals surface area contributed by atoms with Gasteiger partial charge in [0.25, 0.3) is 0 Å². The molecule has 0 heterocycles. The number of nitrogens with one attached hydrogen (secondary N) is 1. The summed E-state index contributed by atoms with van der Waals surface area (Å²) in [4.78, 5) is 11.0. The highest BCUT2D eigenvalue weighted by Crippen LogP contribution is 2.21. The standard InChI is InChI=1S/C9H16F3NO2/c1-15-6-5-13-7-8(14)3-2-4-9(10,11)12/h13H,2-7H2,1H3. The molecule has 0 saturated heterocycles. The van der Waals surface area contributed by atoms with E-state index < -0.39 is 12.6 Å². The van der Waals surface area contributed by atoms with E-state index in [0.29, 0.717) is 13.2 Å². The zero-order chi connectivity index (χ0) is 11.7. The first-order valence-corrected chi connectivity index (χ1v) is 4.74. The maximum atomic E-state index is 11.7. The van der Waals surface area contributed by atoms with E-state index in [2.05, 4.69) is 5.32 Å². The fourth-order valence-corrected chi connectivity index (χ4v) is 0.976. The van der Waals surface area contributed by atoms with Crippen LogP contribution in [0.15, 0.2) is 0 Å². The van der Waals surface area contributed by atoms with Crippen LogP contribution in [0.5, 0.6) is 0 Å². The number of ether oxygens (including phenoxy) is 1. The molecule has 0 unspecified atom stereocenters. The molecular formula is C9H16F3NO2. The predicted molar refractivity (Wildman–Crippen MR) is 49.7 cm³/mol. The molecule has 15 heavy (non-hydrogen) atoms. The van der Waals surface area contributed by atoms with E-state index >= 15 is 0 Å². The van der Waals surface area contributed by atoms with Crippen molar-refractivity contribution < 1.29 is 22.7 Å². The second-order valence-electron chi connectivity index (χ2n) is 3.18.